The maximum atomic E-state index is 12.3. The molecule has 3 nitrogen and oxygen atoms in total. The first-order valence-electron chi connectivity index (χ1n) is 6.25. The third-order valence-electron chi connectivity index (χ3n) is 3.52. The summed E-state index contributed by atoms with van der Waals surface area (Å²) in [5.41, 5.74) is 9.61. The third-order valence-corrected chi connectivity index (χ3v) is 3.52. The Morgan fingerprint density at radius 1 is 1.22 bits per heavy atom. The van der Waals surface area contributed by atoms with Gasteiger partial charge >= 0.3 is 0 Å². The van der Waals surface area contributed by atoms with Crippen molar-refractivity contribution in [1.82, 2.24) is 0 Å². The maximum Gasteiger partial charge on any atom is 0.180 e. The SMILES string of the molecule is COc1c(C)cc(C(=O)C(N)C(C)C)c(C)c1C. The molecular weight excluding hydrogens is 226 g/mol. The predicted molar refractivity (Wildman–Crippen MR) is 74.3 cm³/mol. The van der Waals surface area contributed by atoms with Crippen LogP contribution in [0, 0.1) is 26.7 Å². The largest absolute Gasteiger partial charge is 0.496 e. The van der Waals surface area contributed by atoms with Gasteiger partial charge in [-0.3, -0.25) is 4.79 Å². The standard InChI is InChI=1S/C15H23NO2/c1-8(2)13(16)14(17)12-7-9(3)15(18-6)11(5)10(12)4/h7-8,13H,16H2,1-6H3. The molecule has 2 N–H and O–H groups in total. The molecule has 0 aromatic heterocycles. The molecular formula is C15H23NO2. The number of rotatable bonds is 4. The van der Waals surface area contributed by atoms with Crippen LogP contribution in [0.2, 0.25) is 0 Å². The number of carbonyl (C=O) groups excluding carboxylic acids is 1. The van der Waals surface area contributed by atoms with Crippen molar-refractivity contribution in [3.8, 4) is 5.75 Å². The first-order valence-corrected chi connectivity index (χ1v) is 6.25. The van der Waals surface area contributed by atoms with E-state index in [0.29, 0.717) is 5.56 Å². The number of nitrogens with two attached hydrogens (primary N) is 1. The molecule has 0 aliphatic carbocycles. The lowest BCUT2D eigenvalue weighted by Crippen LogP contribution is -2.36. The van der Waals surface area contributed by atoms with E-state index in [-0.39, 0.29) is 11.7 Å². The number of Topliss-reactive ketones (excluding diaryl/α,β-unsaturated/α-hetero) is 1. The average Bonchev–Trinajstić information content (AvgIpc) is 2.32. The van der Waals surface area contributed by atoms with Crippen molar-refractivity contribution in [2.75, 3.05) is 7.11 Å². The fraction of sp³-hybridized carbons (Fsp3) is 0.533. The van der Waals surface area contributed by atoms with Gasteiger partial charge in [0.1, 0.15) is 5.75 Å². The van der Waals surface area contributed by atoms with Gasteiger partial charge in [0.15, 0.2) is 5.78 Å². The highest BCUT2D eigenvalue weighted by Gasteiger charge is 2.23. The fourth-order valence-corrected chi connectivity index (χ4v) is 2.11. The van der Waals surface area contributed by atoms with Crippen LogP contribution >= 0.6 is 0 Å². The van der Waals surface area contributed by atoms with E-state index >= 15 is 0 Å². The van der Waals surface area contributed by atoms with E-state index in [1.54, 1.807) is 7.11 Å². The highest BCUT2D eigenvalue weighted by Crippen LogP contribution is 2.29. The van der Waals surface area contributed by atoms with E-state index in [1.807, 2.05) is 40.7 Å². The van der Waals surface area contributed by atoms with Crippen molar-refractivity contribution in [2.45, 2.75) is 40.7 Å². The lowest BCUT2D eigenvalue weighted by Gasteiger charge is -2.19. The Hall–Kier alpha value is -1.35. The molecule has 18 heavy (non-hydrogen) atoms. The summed E-state index contributed by atoms with van der Waals surface area (Å²) in [7, 11) is 1.65. The number of methoxy groups -OCH3 is 1. The monoisotopic (exact) mass is 249 g/mol. The number of aryl methyl sites for hydroxylation is 1. The van der Waals surface area contributed by atoms with Crippen LogP contribution < -0.4 is 10.5 Å². The molecule has 1 aromatic rings. The van der Waals surface area contributed by atoms with Gasteiger partial charge in [-0.25, -0.2) is 0 Å². The Kier molecular flexibility index (Phi) is 4.52. The Balaban J connectivity index is 3.31. The van der Waals surface area contributed by atoms with Gasteiger partial charge in [0, 0.05) is 5.56 Å². The molecule has 0 aliphatic heterocycles. The van der Waals surface area contributed by atoms with Crippen LogP contribution in [0.15, 0.2) is 6.07 Å². The topological polar surface area (TPSA) is 52.3 Å². The Labute approximate surface area is 109 Å². The molecule has 0 amide bonds. The molecule has 0 saturated heterocycles. The van der Waals surface area contributed by atoms with E-state index in [4.69, 9.17) is 10.5 Å². The minimum atomic E-state index is -0.448. The van der Waals surface area contributed by atoms with Crippen molar-refractivity contribution in [2.24, 2.45) is 11.7 Å². The van der Waals surface area contributed by atoms with Gasteiger partial charge < -0.3 is 10.5 Å². The average molecular weight is 249 g/mol. The van der Waals surface area contributed by atoms with Crippen molar-refractivity contribution < 1.29 is 9.53 Å². The van der Waals surface area contributed by atoms with Gasteiger partial charge in [0.05, 0.1) is 13.2 Å². The predicted octanol–water partition coefficient (Wildman–Crippen LogP) is 2.79. The molecule has 3 heteroatoms. The zero-order valence-corrected chi connectivity index (χ0v) is 12.1. The molecule has 0 radical (unpaired) electrons. The number of carbonyl (C=O) groups is 1. The van der Waals surface area contributed by atoms with Crippen LogP contribution in [-0.4, -0.2) is 18.9 Å². The summed E-state index contributed by atoms with van der Waals surface area (Å²) in [6, 6.07) is 1.43. The van der Waals surface area contributed by atoms with Crippen LogP contribution in [0.4, 0.5) is 0 Å². The van der Waals surface area contributed by atoms with Gasteiger partial charge in [-0.05, 0) is 49.4 Å². The van der Waals surface area contributed by atoms with E-state index in [9.17, 15) is 4.79 Å². The minimum Gasteiger partial charge on any atom is -0.496 e. The lowest BCUT2D eigenvalue weighted by molar-refractivity contribution is 0.0939. The maximum absolute atomic E-state index is 12.3. The van der Waals surface area contributed by atoms with E-state index < -0.39 is 6.04 Å². The first kappa shape index (κ1) is 14.7. The van der Waals surface area contributed by atoms with Crippen LogP contribution in [0.3, 0.4) is 0 Å². The zero-order valence-electron chi connectivity index (χ0n) is 12.1. The summed E-state index contributed by atoms with van der Waals surface area (Å²) in [5, 5.41) is 0. The third kappa shape index (κ3) is 2.56. The van der Waals surface area contributed by atoms with E-state index in [0.717, 1.165) is 22.4 Å². The molecule has 0 fully saturated rings. The summed E-state index contributed by atoms with van der Waals surface area (Å²) in [6.45, 7) is 9.78. The van der Waals surface area contributed by atoms with Gasteiger partial charge in [-0.1, -0.05) is 13.8 Å². The number of hydrogen-bond donors (Lipinski definition) is 1. The van der Waals surface area contributed by atoms with Crippen molar-refractivity contribution in [3.05, 3.63) is 28.3 Å². The Bertz CT molecular complexity index is 464. The molecule has 0 aliphatic rings. The normalized spacial score (nSPS) is 12.7. The molecule has 0 bridgehead atoms. The summed E-state index contributed by atoms with van der Waals surface area (Å²) < 4.78 is 5.36. The van der Waals surface area contributed by atoms with Crippen molar-refractivity contribution >= 4 is 5.78 Å². The van der Waals surface area contributed by atoms with Crippen molar-refractivity contribution in [3.63, 3.8) is 0 Å². The van der Waals surface area contributed by atoms with E-state index in [2.05, 4.69) is 0 Å². The Morgan fingerprint density at radius 3 is 2.22 bits per heavy atom. The molecule has 1 atom stereocenters. The Morgan fingerprint density at radius 2 is 1.78 bits per heavy atom. The van der Waals surface area contributed by atoms with Gasteiger partial charge in [0.2, 0.25) is 0 Å². The van der Waals surface area contributed by atoms with Crippen LogP contribution in [0.25, 0.3) is 0 Å². The number of ether oxygens (including phenoxy) is 1. The molecule has 1 aromatic carbocycles. The zero-order chi connectivity index (χ0) is 14.0. The fourth-order valence-electron chi connectivity index (χ4n) is 2.11. The number of hydrogen-bond acceptors (Lipinski definition) is 3. The van der Waals surface area contributed by atoms with Crippen molar-refractivity contribution in [1.29, 1.82) is 0 Å². The second kappa shape index (κ2) is 5.53. The molecule has 0 heterocycles. The quantitative estimate of drug-likeness (QED) is 0.835. The minimum absolute atomic E-state index is 0.0105. The lowest BCUT2D eigenvalue weighted by atomic mass is 9.90. The second-order valence-electron chi connectivity index (χ2n) is 5.16. The summed E-state index contributed by atoms with van der Waals surface area (Å²) in [6.07, 6.45) is 0. The molecule has 1 rings (SSSR count). The van der Waals surface area contributed by atoms with Gasteiger partial charge in [-0.15, -0.1) is 0 Å². The van der Waals surface area contributed by atoms with E-state index in [1.165, 1.54) is 0 Å². The van der Waals surface area contributed by atoms with Crippen LogP contribution in [0.5, 0.6) is 5.75 Å². The first-order chi connectivity index (χ1) is 8.31. The molecule has 1 unspecified atom stereocenters. The summed E-state index contributed by atoms with van der Waals surface area (Å²) >= 11 is 0. The van der Waals surface area contributed by atoms with Crippen LogP contribution in [0.1, 0.15) is 40.9 Å². The second-order valence-corrected chi connectivity index (χ2v) is 5.16. The van der Waals surface area contributed by atoms with Gasteiger partial charge in [0.25, 0.3) is 0 Å². The summed E-state index contributed by atoms with van der Waals surface area (Å²) in [5.74, 6) is 0.998. The highest BCUT2D eigenvalue weighted by molar-refractivity contribution is 6.02. The molecule has 0 saturated carbocycles. The number of benzene rings is 1. The van der Waals surface area contributed by atoms with Crippen LogP contribution in [-0.2, 0) is 0 Å². The molecule has 100 valence electrons. The smallest absolute Gasteiger partial charge is 0.180 e. The molecule has 0 spiro atoms. The summed E-state index contributed by atoms with van der Waals surface area (Å²) in [4.78, 5) is 12.3. The van der Waals surface area contributed by atoms with Gasteiger partial charge in [-0.2, -0.15) is 0 Å². The highest BCUT2D eigenvalue weighted by atomic mass is 16.5. The number of ketones is 1.